The average Bonchev–Trinajstić information content (AvgIpc) is 2.60. The normalized spacial score (nSPS) is 45.1. The van der Waals surface area contributed by atoms with Crippen LogP contribution >= 0.6 is 0 Å². The van der Waals surface area contributed by atoms with Crippen LogP contribution in [-0.4, -0.2) is 34.5 Å². The third-order valence-electron chi connectivity index (χ3n) is 7.29. The molecule has 0 amide bonds. The Bertz CT molecular complexity index is 528. The van der Waals surface area contributed by atoms with Gasteiger partial charge < -0.3 is 14.9 Å². The summed E-state index contributed by atoms with van der Waals surface area (Å²) in [6.45, 7) is 5.98. The molecule has 0 bridgehead atoms. The summed E-state index contributed by atoms with van der Waals surface area (Å²) in [5.74, 6) is 0.843. The van der Waals surface area contributed by atoms with Gasteiger partial charge in [0.1, 0.15) is 6.10 Å². The van der Waals surface area contributed by atoms with E-state index in [0.29, 0.717) is 18.3 Å². The summed E-state index contributed by atoms with van der Waals surface area (Å²) in [6.07, 6.45) is 8.78. The molecule has 3 aliphatic carbocycles. The number of allylic oxidation sites excluding steroid dienone is 1. The van der Waals surface area contributed by atoms with E-state index in [4.69, 9.17) is 4.74 Å². The minimum absolute atomic E-state index is 0.0928. The molecule has 2 N–H and O–H groups in total. The number of aliphatic hydroxyl groups excluding tert-OH is 2. The molecule has 0 spiro atoms. The summed E-state index contributed by atoms with van der Waals surface area (Å²) < 4.78 is 5.75. The van der Waals surface area contributed by atoms with Crippen LogP contribution in [0.2, 0.25) is 0 Å². The molecule has 3 rings (SSSR count). The SMILES string of the molecule is CC(=O)O[C@@H]1CC[C@@H](O)[C@H](C)CC[C@H]2[C@H]1CC=C1C[C@@H](O)CC[C@@]12C. The first-order chi connectivity index (χ1) is 11.8. The lowest BCUT2D eigenvalue weighted by Crippen LogP contribution is -2.46. The fraction of sp³-hybridized carbons (Fsp3) is 0.857. The van der Waals surface area contributed by atoms with Crippen molar-refractivity contribution < 1.29 is 19.7 Å². The second kappa shape index (κ2) is 7.40. The van der Waals surface area contributed by atoms with Crippen molar-refractivity contribution in [1.82, 2.24) is 0 Å². The van der Waals surface area contributed by atoms with E-state index < -0.39 is 0 Å². The molecule has 4 heteroatoms. The maximum absolute atomic E-state index is 11.7. The average molecular weight is 350 g/mol. The third kappa shape index (κ3) is 3.80. The van der Waals surface area contributed by atoms with Gasteiger partial charge in [-0.05, 0) is 68.6 Å². The molecular weight excluding hydrogens is 316 g/mol. The fourth-order valence-corrected chi connectivity index (χ4v) is 5.64. The summed E-state index contributed by atoms with van der Waals surface area (Å²) in [6, 6.07) is 0. The Morgan fingerprint density at radius 3 is 2.68 bits per heavy atom. The van der Waals surface area contributed by atoms with Crippen LogP contribution < -0.4 is 0 Å². The number of carbonyl (C=O) groups excluding carboxylic acids is 1. The Labute approximate surface area is 151 Å². The highest BCUT2D eigenvalue weighted by atomic mass is 16.5. The van der Waals surface area contributed by atoms with Gasteiger partial charge in [-0.15, -0.1) is 0 Å². The molecule has 142 valence electrons. The number of ether oxygens (including phenoxy) is 1. The van der Waals surface area contributed by atoms with Crippen molar-refractivity contribution in [2.24, 2.45) is 23.2 Å². The number of esters is 1. The molecule has 0 unspecified atom stereocenters. The van der Waals surface area contributed by atoms with E-state index >= 15 is 0 Å². The number of fused-ring (bicyclic) bond motifs is 3. The molecule has 0 radical (unpaired) electrons. The van der Waals surface area contributed by atoms with E-state index in [2.05, 4.69) is 19.9 Å². The quantitative estimate of drug-likeness (QED) is 0.560. The molecule has 0 aliphatic heterocycles. The van der Waals surface area contributed by atoms with Crippen LogP contribution in [0.1, 0.15) is 72.1 Å². The Hall–Kier alpha value is -0.870. The first kappa shape index (κ1) is 18.9. The van der Waals surface area contributed by atoms with Crippen molar-refractivity contribution in [3.8, 4) is 0 Å². The molecule has 2 fully saturated rings. The van der Waals surface area contributed by atoms with E-state index in [9.17, 15) is 15.0 Å². The fourth-order valence-electron chi connectivity index (χ4n) is 5.64. The van der Waals surface area contributed by atoms with E-state index in [1.165, 1.54) is 12.5 Å². The van der Waals surface area contributed by atoms with Gasteiger partial charge in [-0.2, -0.15) is 0 Å². The van der Waals surface area contributed by atoms with Crippen LogP contribution in [0, 0.1) is 23.2 Å². The standard InChI is InChI=1S/C21H34O4/c1-13-4-7-18-17(20(25-14(2)22)9-8-19(13)24)6-5-15-12-16(23)10-11-21(15,18)3/h5,13,16-20,23-24H,4,6-12H2,1-3H3/t13-,16+,17-,18+,19-,20-,21+/m1/s1. The topological polar surface area (TPSA) is 66.8 Å². The molecular formula is C21H34O4. The highest BCUT2D eigenvalue weighted by Gasteiger charge is 2.49. The highest BCUT2D eigenvalue weighted by Crippen LogP contribution is 2.56. The Balaban J connectivity index is 1.93. The van der Waals surface area contributed by atoms with Gasteiger partial charge >= 0.3 is 5.97 Å². The first-order valence-electron chi connectivity index (χ1n) is 10.0. The molecule has 0 aromatic heterocycles. The largest absolute Gasteiger partial charge is 0.462 e. The molecule has 4 nitrogen and oxygen atoms in total. The highest BCUT2D eigenvalue weighted by molar-refractivity contribution is 5.66. The lowest BCUT2D eigenvalue weighted by Gasteiger charge is -2.51. The van der Waals surface area contributed by atoms with Gasteiger partial charge in [0.05, 0.1) is 12.2 Å². The zero-order valence-corrected chi connectivity index (χ0v) is 15.9. The molecule has 2 saturated carbocycles. The number of carbonyl (C=O) groups is 1. The number of hydrogen-bond donors (Lipinski definition) is 2. The first-order valence-corrected chi connectivity index (χ1v) is 10.0. The lowest BCUT2D eigenvalue weighted by molar-refractivity contribution is -0.152. The van der Waals surface area contributed by atoms with Crippen LogP contribution in [0.25, 0.3) is 0 Å². The third-order valence-corrected chi connectivity index (χ3v) is 7.29. The van der Waals surface area contributed by atoms with Gasteiger partial charge in [-0.1, -0.05) is 25.5 Å². The molecule has 0 heterocycles. The predicted octanol–water partition coefficient (Wildman–Crippen LogP) is 3.60. The summed E-state index contributed by atoms with van der Waals surface area (Å²) >= 11 is 0. The molecule has 7 atom stereocenters. The Kier molecular flexibility index (Phi) is 5.60. The molecule has 3 aliphatic rings. The van der Waals surface area contributed by atoms with Crippen LogP contribution in [0.5, 0.6) is 0 Å². The maximum Gasteiger partial charge on any atom is 0.302 e. The second-order valence-corrected chi connectivity index (χ2v) is 8.90. The van der Waals surface area contributed by atoms with Crippen LogP contribution in [0.15, 0.2) is 11.6 Å². The van der Waals surface area contributed by atoms with E-state index in [0.717, 1.165) is 44.9 Å². The predicted molar refractivity (Wildman–Crippen MR) is 96.8 cm³/mol. The lowest BCUT2D eigenvalue weighted by atomic mass is 9.54. The van der Waals surface area contributed by atoms with Gasteiger partial charge in [0.15, 0.2) is 0 Å². The van der Waals surface area contributed by atoms with Gasteiger partial charge in [0.2, 0.25) is 0 Å². The zero-order valence-electron chi connectivity index (χ0n) is 15.9. The van der Waals surface area contributed by atoms with Gasteiger partial charge in [0, 0.05) is 12.8 Å². The number of hydrogen-bond acceptors (Lipinski definition) is 4. The molecule has 0 aromatic carbocycles. The Morgan fingerprint density at radius 2 is 1.96 bits per heavy atom. The minimum Gasteiger partial charge on any atom is -0.462 e. The summed E-state index contributed by atoms with van der Waals surface area (Å²) in [5.41, 5.74) is 1.50. The van der Waals surface area contributed by atoms with E-state index in [1.54, 1.807) is 0 Å². The van der Waals surface area contributed by atoms with Gasteiger partial charge in [0.25, 0.3) is 0 Å². The van der Waals surface area contributed by atoms with Crippen molar-refractivity contribution in [3.63, 3.8) is 0 Å². The van der Waals surface area contributed by atoms with Crippen molar-refractivity contribution in [2.45, 2.75) is 90.4 Å². The number of aliphatic hydroxyl groups is 2. The monoisotopic (exact) mass is 350 g/mol. The molecule has 25 heavy (non-hydrogen) atoms. The van der Waals surface area contributed by atoms with Crippen molar-refractivity contribution in [3.05, 3.63) is 11.6 Å². The van der Waals surface area contributed by atoms with Gasteiger partial charge in [-0.3, -0.25) is 4.79 Å². The smallest absolute Gasteiger partial charge is 0.302 e. The summed E-state index contributed by atoms with van der Waals surface area (Å²) in [4.78, 5) is 11.7. The zero-order chi connectivity index (χ0) is 18.2. The van der Waals surface area contributed by atoms with Gasteiger partial charge in [-0.25, -0.2) is 0 Å². The van der Waals surface area contributed by atoms with E-state index in [-0.39, 0.29) is 35.6 Å². The minimum atomic E-state index is -0.313. The molecule has 0 saturated heterocycles. The molecule has 0 aromatic rings. The summed E-state index contributed by atoms with van der Waals surface area (Å²) in [5, 5.41) is 20.5. The summed E-state index contributed by atoms with van der Waals surface area (Å²) in [7, 11) is 0. The van der Waals surface area contributed by atoms with Crippen molar-refractivity contribution in [1.29, 1.82) is 0 Å². The van der Waals surface area contributed by atoms with Crippen LogP contribution in [0.3, 0.4) is 0 Å². The van der Waals surface area contributed by atoms with Crippen LogP contribution in [0.4, 0.5) is 0 Å². The Morgan fingerprint density at radius 1 is 1.20 bits per heavy atom. The van der Waals surface area contributed by atoms with Crippen molar-refractivity contribution in [2.75, 3.05) is 0 Å². The maximum atomic E-state index is 11.7. The van der Waals surface area contributed by atoms with Crippen molar-refractivity contribution >= 4 is 5.97 Å². The number of rotatable bonds is 1. The second-order valence-electron chi connectivity index (χ2n) is 8.90. The van der Waals surface area contributed by atoms with E-state index in [1.807, 2.05) is 0 Å². The van der Waals surface area contributed by atoms with Crippen LogP contribution in [-0.2, 0) is 9.53 Å².